The molecule has 0 radical (unpaired) electrons. The van der Waals surface area contributed by atoms with Crippen LogP contribution in [0.15, 0.2) is 36.5 Å². The van der Waals surface area contributed by atoms with Crippen molar-refractivity contribution in [2.24, 2.45) is 0 Å². The zero-order chi connectivity index (χ0) is 14.9. The number of rotatable bonds is 8. The van der Waals surface area contributed by atoms with Crippen molar-refractivity contribution in [3.05, 3.63) is 42.1 Å². The van der Waals surface area contributed by atoms with Crippen LogP contribution in [0.2, 0.25) is 0 Å². The predicted octanol–water partition coefficient (Wildman–Crippen LogP) is 0.929. The quantitative estimate of drug-likeness (QED) is 0.631. The first kappa shape index (κ1) is 15.2. The maximum absolute atomic E-state index is 11.6. The van der Waals surface area contributed by atoms with Crippen molar-refractivity contribution in [2.45, 2.75) is 6.54 Å². The third-order valence-electron chi connectivity index (χ3n) is 3.02. The fourth-order valence-corrected chi connectivity index (χ4v) is 1.86. The van der Waals surface area contributed by atoms with Gasteiger partial charge in [-0.3, -0.25) is 9.89 Å². The van der Waals surface area contributed by atoms with E-state index in [1.165, 1.54) is 0 Å². The van der Waals surface area contributed by atoms with Gasteiger partial charge >= 0.3 is 0 Å². The number of amides is 1. The Hall–Kier alpha value is -2.18. The van der Waals surface area contributed by atoms with Crippen molar-refractivity contribution in [3.63, 3.8) is 0 Å². The Morgan fingerprint density at radius 1 is 1.29 bits per heavy atom. The highest BCUT2D eigenvalue weighted by atomic mass is 16.5. The van der Waals surface area contributed by atoms with Crippen LogP contribution in [0.3, 0.4) is 0 Å². The van der Waals surface area contributed by atoms with Crippen LogP contribution in [0.5, 0.6) is 0 Å². The van der Waals surface area contributed by atoms with Crippen molar-refractivity contribution >= 4 is 5.91 Å². The normalized spacial score (nSPS) is 10.5. The minimum absolute atomic E-state index is 0.0243. The molecular weight excluding hydrogens is 268 g/mol. The highest BCUT2D eigenvalue weighted by Crippen LogP contribution is 2.16. The van der Waals surface area contributed by atoms with Gasteiger partial charge in [0.1, 0.15) is 0 Å². The van der Waals surface area contributed by atoms with Gasteiger partial charge in [0.2, 0.25) is 5.91 Å². The van der Waals surface area contributed by atoms with E-state index in [9.17, 15) is 4.79 Å². The Bertz CT molecular complexity index is 537. The van der Waals surface area contributed by atoms with Crippen molar-refractivity contribution in [3.8, 4) is 11.3 Å². The lowest BCUT2D eigenvalue weighted by Gasteiger charge is -2.07. The van der Waals surface area contributed by atoms with Gasteiger partial charge in [-0.15, -0.1) is 0 Å². The van der Waals surface area contributed by atoms with E-state index in [2.05, 4.69) is 20.8 Å². The summed E-state index contributed by atoms with van der Waals surface area (Å²) in [6, 6.07) is 9.92. The van der Waals surface area contributed by atoms with E-state index in [0.29, 0.717) is 26.2 Å². The van der Waals surface area contributed by atoms with Gasteiger partial charge in [-0.1, -0.05) is 24.3 Å². The molecule has 0 spiro atoms. The molecule has 3 N–H and O–H groups in total. The molecule has 1 aromatic carbocycles. The van der Waals surface area contributed by atoms with Crippen LogP contribution < -0.4 is 10.6 Å². The number of carbonyl (C=O) groups excluding carboxylic acids is 1. The number of carbonyl (C=O) groups is 1. The Morgan fingerprint density at radius 2 is 2.10 bits per heavy atom. The highest BCUT2D eigenvalue weighted by molar-refractivity contribution is 5.78. The van der Waals surface area contributed by atoms with E-state index in [1.807, 2.05) is 30.3 Å². The number of aromatic nitrogens is 2. The van der Waals surface area contributed by atoms with Crippen LogP contribution in [-0.4, -0.2) is 42.9 Å². The highest BCUT2D eigenvalue weighted by Gasteiger charge is 2.02. The standard InChI is InChI=1S/C15H20N4O2/c1-21-9-8-16-11-15(20)17-10-12-2-4-13(5-3-12)14-6-7-18-19-14/h2-7,16H,8-11H2,1H3,(H,17,20)(H,18,19). The lowest BCUT2D eigenvalue weighted by molar-refractivity contribution is -0.120. The zero-order valence-electron chi connectivity index (χ0n) is 12.1. The minimum atomic E-state index is -0.0243. The Kier molecular flexibility index (Phi) is 5.93. The second-order valence-corrected chi connectivity index (χ2v) is 4.61. The number of benzene rings is 1. The molecule has 0 atom stereocenters. The molecule has 0 saturated heterocycles. The van der Waals surface area contributed by atoms with E-state index >= 15 is 0 Å². The second-order valence-electron chi connectivity index (χ2n) is 4.61. The van der Waals surface area contributed by atoms with Gasteiger partial charge < -0.3 is 15.4 Å². The maximum atomic E-state index is 11.6. The average Bonchev–Trinajstić information content (AvgIpc) is 3.04. The molecule has 0 saturated carbocycles. The zero-order valence-corrected chi connectivity index (χ0v) is 12.1. The minimum Gasteiger partial charge on any atom is -0.383 e. The molecule has 2 aromatic rings. The molecule has 0 bridgehead atoms. The summed E-state index contributed by atoms with van der Waals surface area (Å²) in [5, 5.41) is 12.7. The third-order valence-corrected chi connectivity index (χ3v) is 3.02. The molecule has 1 amide bonds. The smallest absolute Gasteiger partial charge is 0.234 e. The molecule has 6 heteroatoms. The van der Waals surface area contributed by atoms with Crippen LogP contribution in [0.25, 0.3) is 11.3 Å². The summed E-state index contributed by atoms with van der Waals surface area (Å²) in [7, 11) is 1.63. The maximum Gasteiger partial charge on any atom is 0.234 e. The third kappa shape index (κ3) is 5.02. The first-order valence-electron chi connectivity index (χ1n) is 6.84. The monoisotopic (exact) mass is 288 g/mol. The summed E-state index contributed by atoms with van der Waals surface area (Å²) in [6.07, 6.45) is 1.72. The predicted molar refractivity (Wildman–Crippen MR) is 80.6 cm³/mol. The molecule has 0 fully saturated rings. The summed E-state index contributed by atoms with van der Waals surface area (Å²) in [5.41, 5.74) is 3.11. The number of hydrogen-bond acceptors (Lipinski definition) is 4. The fraction of sp³-hybridized carbons (Fsp3) is 0.333. The van der Waals surface area contributed by atoms with Gasteiger partial charge in [-0.25, -0.2) is 0 Å². The lowest BCUT2D eigenvalue weighted by atomic mass is 10.1. The molecule has 0 unspecified atom stereocenters. The van der Waals surface area contributed by atoms with Crippen molar-refractivity contribution < 1.29 is 9.53 Å². The molecule has 6 nitrogen and oxygen atoms in total. The number of H-pyrrole nitrogens is 1. The molecular formula is C15H20N4O2. The van der Waals surface area contributed by atoms with Crippen LogP contribution in [-0.2, 0) is 16.1 Å². The summed E-state index contributed by atoms with van der Waals surface area (Å²) < 4.78 is 4.89. The first-order chi connectivity index (χ1) is 10.3. The lowest BCUT2D eigenvalue weighted by Crippen LogP contribution is -2.34. The van der Waals surface area contributed by atoms with E-state index in [0.717, 1.165) is 16.8 Å². The Morgan fingerprint density at radius 3 is 2.76 bits per heavy atom. The molecule has 1 heterocycles. The second kappa shape index (κ2) is 8.18. The summed E-state index contributed by atoms with van der Waals surface area (Å²) in [6.45, 7) is 2.09. The number of nitrogens with zero attached hydrogens (tertiary/aromatic N) is 1. The molecule has 21 heavy (non-hydrogen) atoms. The van der Waals surface area contributed by atoms with Gasteiger partial charge in [0.15, 0.2) is 0 Å². The van der Waals surface area contributed by atoms with Gasteiger partial charge in [0.25, 0.3) is 0 Å². The van der Waals surface area contributed by atoms with Gasteiger partial charge in [0.05, 0.1) is 18.8 Å². The molecule has 1 aromatic heterocycles. The van der Waals surface area contributed by atoms with Crippen LogP contribution in [0.4, 0.5) is 0 Å². The van der Waals surface area contributed by atoms with Crippen molar-refractivity contribution in [1.29, 1.82) is 0 Å². The molecule has 2 rings (SSSR count). The Labute approximate surface area is 123 Å². The van der Waals surface area contributed by atoms with Crippen LogP contribution in [0.1, 0.15) is 5.56 Å². The van der Waals surface area contributed by atoms with Crippen molar-refractivity contribution in [1.82, 2.24) is 20.8 Å². The van der Waals surface area contributed by atoms with Gasteiger partial charge in [-0.2, -0.15) is 5.10 Å². The topological polar surface area (TPSA) is 79.0 Å². The van der Waals surface area contributed by atoms with E-state index in [1.54, 1.807) is 13.3 Å². The largest absolute Gasteiger partial charge is 0.383 e. The number of hydrogen-bond donors (Lipinski definition) is 3. The molecule has 0 aliphatic carbocycles. The number of ether oxygens (including phenoxy) is 1. The molecule has 0 aliphatic rings. The van der Waals surface area contributed by atoms with Crippen LogP contribution in [0, 0.1) is 0 Å². The van der Waals surface area contributed by atoms with Gasteiger partial charge in [-0.05, 0) is 17.2 Å². The molecule has 112 valence electrons. The van der Waals surface area contributed by atoms with Gasteiger partial charge in [0, 0.05) is 26.4 Å². The first-order valence-corrected chi connectivity index (χ1v) is 6.84. The number of methoxy groups -OCH3 is 1. The van der Waals surface area contributed by atoms with Crippen LogP contribution >= 0.6 is 0 Å². The van der Waals surface area contributed by atoms with E-state index in [-0.39, 0.29) is 5.91 Å². The van der Waals surface area contributed by atoms with E-state index in [4.69, 9.17) is 4.74 Å². The average molecular weight is 288 g/mol. The van der Waals surface area contributed by atoms with Crippen molar-refractivity contribution in [2.75, 3.05) is 26.8 Å². The summed E-state index contributed by atoms with van der Waals surface area (Å²) in [4.78, 5) is 11.6. The summed E-state index contributed by atoms with van der Waals surface area (Å²) in [5.74, 6) is -0.0243. The number of nitrogens with one attached hydrogen (secondary N) is 3. The fourth-order valence-electron chi connectivity index (χ4n) is 1.86. The molecule has 0 aliphatic heterocycles. The SMILES string of the molecule is COCCNCC(=O)NCc1ccc(-c2ccn[nH]2)cc1. The number of aromatic amines is 1. The van der Waals surface area contributed by atoms with E-state index < -0.39 is 0 Å². The Balaban J connectivity index is 1.75. The summed E-state index contributed by atoms with van der Waals surface area (Å²) >= 11 is 0.